The maximum absolute atomic E-state index is 4.15. The SMILES string of the molecule is CN(C)CCN(C)CCS. The third-order valence-corrected chi connectivity index (χ3v) is 1.61. The fourth-order valence-electron chi connectivity index (χ4n) is 0.653. The molecule has 0 bridgehead atoms. The molecular formula is C7H18N2S. The highest BCUT2D eigenvalue weighted by molar-refractivity contribution is 7.80. The minimum Gasteiger partial charge on any atom is -0.308 e. The van der Waals surface area contributed by atoms with Gasteiger partial charge in [-0.2, -0.15) is 12.6 Å². The smallest absolute Gasteiger partial charge is 0.0106 e. The molecule has 2 nitrogen and oxygen atoms in total. The first-order valence-electron chi connectivity index (χ1n) is 3.61. The first-order chi connectivity index (χ1) is 4.66. The van der Waals surface area contributed by atoms with Crippen LogP contribution in [0.15, 0.2) is 0 Å². The van der Waals surface area contributed by atoms with Crippen molar-refractivity contribution in [2.24, 2.45) is 0 Å². The minimum atomic E-state index is 0.948. The van der Waals surface area contributed by atoms with Crippen LogP contribution in [-0.4, -0.2) is 56.3 Å². The topological polar surface area (TPSA) is 6.48 Å². The summed E-state index contributed by atoms with van der Waals surface area (Å²) in [6.07, 6.45) is 0. The highest BCUT2D eigenvalue weighted by Crippen LogP contribution is 1.84. The van der Waals surface area contributed by atoms with E-state index in [9.17, 15) is 0 Å². The summed E-state index contributed by atoms with van der Waals surface area (Å²) in [5, 5.41) is 0. The largest absolute Gasteiger partial charge is 0.308 e. The highest BCUT2D eigenvalue weighted by atomic mass is 32.1. The van der Waals surface area contributed by atoms with Crippen LogP contribution in [0, 0.1) is 0 Å². The standard InChI is InChI=1S/C7H18N2S/c1-8(2)4-5-9(3)6-7-10/h10H,4-7H2,1-3H3. The van der Waals surface area contributed by atoms with Crippen LogP contribution < -0.4 is 0 Å². The first-order valence-corrected chi connectivity index (χ1v) is 4.24. The molecule has 0 atom stereocenters. The zero-order chi connectivity index (χ0) is 7.98. The van der Waals surface area contributed by atoms with Crippen LogP contribution in [0.25, 0.3) is 0 Å². The minimum absolute atomic E-state index is 0.948. The molecule has 0 saturated heterocycles. The quantitative estimate of drug-likeness (QED) is 0.585. The molecule has 0 rings (SSSR count). The molecule has 0 aliphatic carbocycles. The van der Waals surface area contributed by atoms with Gasteiger partial charge in [0.2, 0.25) is 0 Å². The highest BCUT2D eigenvalue weighted by Gasteiger charge is 1.95. The summed E-state index contributed by atoms with van der Waals surface area (Å²) in [5.41, 5.74) is 0. The lowest BCUT2D eigenvalue weighted by Gasteiger charge is -2.17. The van der Waals surface area contributed by atoms with Crippen LogP contribution in [0.3, 0.4) is 0 Å². The van der Waals surface area contributed by atoms with Crippen LogP contribution in [0.2, 0.25) is 0 Å². The Kier molecular flexibility index (Phi) is 6.17. The van der Waals surface area contributed by atoms with Crippen LogP contribution in [0.4, 0.5) is 0 Å². The van der Waals surface area contributed by atoms with Crippen molar-refractivity contribution in [1.82, 2.24) is 9.80 Å². The summed E-state index contributed by atoms with van der Waals surface area (Å²) < 4.78 is 0. The molecule has 0 heterocycles. The molecule has 0 radical (unpaired) electrons. The van der Waals surface area contributed by atoms with E-state index in [0.29, 0.717) is 0 Å². The van der Waals surface area contributed by atoms with Crippen molar-refractivity contribution >= 4 is 12.6 Å². The van der Waals surface area contributed by atoms with Gasteiger partial charge >= 0.3 is 0 Å². The van der Waals surface area contributed by atoms with Gasteiger partial charge in [0.25, 0.3) is 0 Å². The predicted octanol–water partition coefficient (Wildman–Crippen LogP) is 0.410. The molecule has 0 amide bonds. The van der Waals surface area contributed by atoms with Gasteiger partial charge < -0.3 is 9.80 Å². The summed E-state index contributed by atoms with van der Waals surface area (Å²) in [4.78, 5) is 4.47. The van der Waals surface area contributed by atoms with E-state index >= 15 is 0 Å². The van der Waals surface area contributed by atoms with Gasteiger partial charge in [0.1, 0.15) is 0 Å². The Morgan fingerprint density at radius 1 is 1.00 bits per heavy atom. The summed E-state index contributed by atoms with van der Waals surface area (Å²) in [6, 6.07) is 0. The molecule has 0 aliphatic rings. The van der Waals surface area contributed by atoms with Crippen molar-refractivity contribution in [2.75, 3.05) is 46.5 Å². The second kappa shape index (κ2) is 6.01. The summed E-state index contributed by atoms with van der Waals surface area (Å²) >= 11 is 4.15. The Morgan fingerprint density at radius 3 is 2.00 bits per heavy atom. The van der Waals surface area contributed by atoms with Gasteiger partial charge in [-0.3, -0.25) is 0 Å². The average molecular weight is 162 g/mol. The van der Waals surface area contributed by atoms with E-state index in [1.165, 1.54) is 0 Å². The van der Waals surface area contributed by atoms with E-state index in [1.807, 2.05) is 0 Å². The van der Waals surface area contributed by atoms with Crippen molar-refractivity contribution in [3.63, 3.8) is 0 Å². The molecule has 0 aliphatic heterocycles. The van der Waals surface area contributed by atoms with Crippen LogP contribution in [0.5, 0.6) is 0 Å². The van der Waals surface area contributed by atoms with E-state index in [0.717, 1.165) is 25.4 Å². The Balaban J connectivity index is 3.12. The monoisotopic (exact) mass is 162 g/mol. The third kappa shape index (κ3) is 6.39. The first kappa shape index (κ1) is 10.3. The van der Waals surface area contributed by atoms with Gasteiger partial charge in [0.05, 0.1) is 0 Å². The van der Waals surface area contributed by atoms with Gasteiger partial charge in [-0.15, -0.1) is 0 Å². The second-order valence-corrected chi connectivity index (χ2v) is 3.28. The molecule has 10 heavy (non-hydrogen) atoms. The molecule has 0 aromatic carbocycles. The van der Waals surface area contributed by atoms with E-state index in [1.54, 1.807) is 0 Å². The van der Waals surface area contributed by atoms with Crippen molar-refractivity contribution in [2.45, 2.75) is 0 Å². The van der Waals surface area contributed by atoms with Gasteiger partial charge in [-0.05, 0) is 21.1 Å². The molecule has 0 fully saturated rings. The lowest BCUT2D eigenvalue weighted by Crippen LogP contribution is -2.29. The Bertz CT molecular complexity index is 76.0. The summed E-state index contributed by atoms with van der Waals surface area (Å²) in [5.74, 6) is 0.948. The Morgan fingerprint density at radius 2 is 1.60 bits per heavy atom. The second-order valence-electron chi connectivity index (χ2n) is 2.83. The fraction of sp³-hybridized carbons (Fsp3) is 1.00. The van der Waals surface area contributed by atoms with Gasteiger partial charge in [-0.1, -0.05) is 0 Å². The number of thiol groups is 1. The van der Waals surface area contributed by atoms with Crippen molar-refractivity contribution in [3.8, 4) is 0 Å². The van der Waals surface area contributed by atoms with Crippen molar-refractivity contribution < 1.29 is 0 Å². The van der Waals surface area contributed by atoms with Crippen LogP contribution >= 0.6 is 12.6 Å². The fourth-order valence-corrected chi connectivity index (χ4v) is 0.995. The Hall–Kier alpha value is 0.270. The third-order valence-electron chi connectivity index (χ3n) is 1.41. The maximum Gasteiger partial charge on any atom is 0.0106 e. The molecular weight excluding hydrogens is 144 g/mol. The van der Waals surface area contributed by atoms with Crippen molar-refractivity contribution in [1.29, 1.82) is 0 Å². The number of hydrogen-bond donors (Lipinski definition) is 1. The number of nitrogens with zero attached hydrogens (tertiary/aromatic N) is 2. The van der Waals surface area contributed by atoms with E-state index in [2.05, 4.69) is 43.6 Å². The number of rotatable bonds is 5. The van der Waals surface area contributed by atoms with Crippen molar-refractivity contribution in [3.05, 3.63) is 0 Å². The molecule has 62 valence electrons. The molecule has 0 unspecified atom stereocenters. The molecule has 3 heteroatoms. The normalized spacial score (nSPS) is 11.4. The van der Waals surface area contributed by atoms with Gasteiger partial charge in [0.15, 0.2) is 0 Å². The number of likely N-dealkylation sites (N-methyl/N-ethyl adjacent to an activating group) is 2. The van der Waals surface area contributed by atoms with E-state index < -0.39 is 0 Å². The number of hydrogen-bond acceptors (Lipinski definition) is 3. The van der Waals surface area contributed by atoms with E-state index in [-0.39, 0.29) is 0 Å². The molecule has 0 saturated carbocycles. The van der Waals surface area contributed by atoms with Gasteiger partial charge in [0, 0.05) is 25.4 Å². The zero-order valence-corrected chi connectivity index (χ0v) is 8.06. The predicted molar refractivity (Wildman–Crippen MR) is 49.9 cm³/mol. The van der Waals surface area contributed by atoms with Gasteiger partial charge in [-0.25, -0.2) is 0 Å². The zero-order valence-electron chi connectivity index (χ0n) is 7.17. The maximum atomic E-state index is 4.15. The van der Waals surface area contributed by atoms with Crippen LogP contribution in [0.1, 0.15) is 0 Å². The molecule has 0 spiro atoms. The van der Waals surface area contributed by atoms with Crippen LogP contribution in [-0.2, 0) is 0 Å². The summed E-state index contributed by atoms with van der Waals surface area (Å²) in [6.45, 7) is 3.34. The molecule has 0 N–H and O–H groups in total. The van der Waals surface area contributed by atoms with E-state index in [4.69, 9.17) is 0 Å². The molecule has 0 aromatic rings. The lowest BCUT2D eigenvalue weighted by molar-refractivity contribution is 0.294. The Labute approximate surface area is 69.6 Å². The molecule has 0 aromatic heterocycles. The lowest BCUT2D eigenvalue weighted by atomic mass is 10.5. The average Bonchev–Trinajstić information content (AvgIpc) is 1.85. The summed E-state index contributed by atoms with van der Waals surface area (Å²) in [7, 11) is 6.31.